The van der Waals surface area contributed by atoms with Gasteiger partial charge < -0.3 is 5.73 Å². The smallest absolute Gasteiger partial charge is 0.183 e. The van der Waals surface area contributed by atoms with Crippen LogP contribution in [-0.2, 0) is 0 Å². The summed E-state index contributed by atoms with van der Waals surface area (Å²) in [4.78, 5) is 8.41. The fourth-order valence-electron chi connectivity index (χ4n) is 1.51. The van der Waals surface area contributed by atoms with Crippen LogP contribution in [-0.4, -0.2) is 19.6 Å². The van der Waals surface area contributed by atoms with Gasteiger partial charge in [-0.3, -0.25) is 4.98 Å². The molecular weight excluding hydrogens is 202 g/mol. The standard InChI is InChI=1S/C11H9N5/c12-9-3-5-16-10(6-9)14-11(15-16)8-2-1-4-13-7-8/h1-7H,12H2. The van der Waals surface area contributed by atoms with Crippen molar-refractivity contribution in [3.8, 4) is 11.4 Å². The molecule has 0 aliphatic heterocycles. The van der Waals surface area contributed by atoms with Crippen molar-refractivity contribution in [1.29, 1.82) is 0 Å². The molecule has 2 N–H and O–H groups in total. The maximum Gasteiger partial charge on any atom is 0.183 e. The summed E-state index contributed by atoms with van der Waals surface area (Å²) >= 11 is 0. The predicted molar refractivity (Wildman–Crippen MR) is 60.6 cm³/mol. The molecular formula is C11H9N5. The number of nitrogen functional groups attached to an aromatic ring is 1. The summed E-state index contributed by atoms with van der Waals surface area (Å²) in [6, 6.07) is 7.35. The molecule has 3 aromatic rings. The van der Waals surface area contributed by atoms with E-state index in [1.54, 1.807) is 35.2 Å². The zero-order chi connectivity index (χ0) is 11.0. The van der Waals surface area contributed by atoms with Gasteiger partial charge in [-0.25, -0.2) is 9.50 Å². The maximum atomic E-state index is 5.68. The Kier molecular flexibility index (Phi) is 1.83. The van der Waals surface area contributed by atoms with Gasteiger partial charge in [-0.1, -0.05) is 0 Å². The maximum absolute atomic E-state index is 5.68. The van der Waals surface area contributed by atoms with Gasteiger partial charge in [0, 0.05) is 35.9 Å². The normalized spacial score (nSPS) is 10.8. The largest absolute Gasteiger partial charge is 0.399 e. The van der Waals surface area contributed by atoms with Crippen LogP contribution in [0.2, 0.25) is 0 Å². The lowest BCUT2D eigenvalue weighted by molar-refractivity contribution is 0.966. The third-order valence-electron chi connectivity index (χ3n) is 2.28. The molecule has 0 aliphatic rings. The molecule has 0 radical (unpaired) electrons. The van der Waals surface area contributed by atoms with Crippen LogP contribution in [0.15, 0.2) is 42.9 Å². The molecule has 0 aliphatic carbocycles. The van der Waals surface area contributed by atoms with Gasteiger partial charge >= 0.3 is 0 Å². The highest BCUT2D eigenvalue weighted by molar-refractivity contribution is 5.59. The second-order valence-corrected chi connectivity index (χ2v) is 3.44. The minimum absolute atomic E-state index is 0.652. The lowest BCUT2D eigenvalue weighted by atomic mass is 10.3. The minimum atomic E-state index is 0.652. The highest BCUT2D eigenvalue weighted by Crippen LogP contribution is 2.15. The van der Waals surface area contributed by atoms with Crippen molar-refractivity contribution < 1.29 is 0 Å². The first-order valence-electron chi connectivity index (χ1n) is 4.85. The van der Waals surface area contributed by atoms with Gasteiger partial charge in [0.2, 0.25) is 0 Å². The number of fused-ring (bicyclic) bond motifs is 1. The van der Waals surface area contributed by atoms with Gasteiger partial charge in [-0.15, -0.1) is 5.10 Å². The summed E-state index contributed by atoms with van der Waals surface area (Å²) < 4.78 is 1.69. The van der Waals surface area contributed by atoms with Gasteiger partial charge in [0.25, 0.3) is 0 Å². The topological polar surface area (TPSA) is 69.1 Å². The van der Waals surface area contributed by atoms with E-state index in [-0.39, 0.29) is 0 Å². The van der Waals surface area contributed by atoms with Crippen LogP contribution in [0.4, 0.5) is 5.69 Å². The number of anilines is 1. The van der Waals surface area contributed by atoms with Gasteiger partial charge in [-0.2, -0.15) is 0 Å². The zero-order valence-electron chi connectivity index (χ0n) is 8.41. The van der Waals surface area contributed by atoms with E-state index in [4.69, 9.17) is 5.73 Å². The third kappa shape index (κ3) is 1.38. The van der Waals surface area contributed by atoms with Crippen LogP contribution in [0.3, 0.4) is 0 Å². The molecule has 0 fully saturated rings. The van der Waals surface area contributed by atoms with Crippen molar-refractivity contribution in [2.75, 3.05) is 5.73 Å². The van der Waals surface area contributed by atoms with Gasteiger partial charge in [0.1, 0.15) is 0 Å². The molecule has 5 heteroatoms. The van der Waals surface area contributed by atoms with Gasteiger partial charge in [-0.05, 0) is 18.2 Å². The Bertz CT molecular complexity index is 629. The van der Waals surface area contributed by atoms with Crippen molar-refractivity contribution in [3.63, 3.8) is 0 Å². The first-order valence-corrected chi connectivity index (χ1v) is 4.85. The Hall–Kier alpha value is -2.43. The zero-order valence-corrected chi connectivity index (χ0v) is 8.41. The molecule has 0 aromatic carbocycles. The van der Waals surface area contributed by atoms with Crippen LogP contribution in [0.25, 0.3) is 17.0 Å². The van der Waals surface area contributed by atoms with E-state index >= 15 is 0 Å². The van der Waals surface area contributed by atoms with E-state index in [2.05, 4.69) is 15.1 Å². The molecule has 0 unspecified atom stereocenters. The van der Waals surface area contributed by atoms with Crippen LogP contribution in [0.1, 0.15) is 0 Å². The molecule has 0 spiro atoms. The highest BCUT2D eigenvalue weighted by atomic mass is 15.3. The van der Waals surface area contributed by atoms with Crippen LogP contribution in [0.5, 0.6) is 0 Å². The summed E-state index contributed by atoms with van der Waals surface area (Å²) in [7, 11) is 0. The van der Waals surface area contributed by atoms with Gasteiger partial charge in [0.05, 0.1) is 0 Å². The molecule has 78 valence electrons. The molecule has 5 nitrogen and oxygen atoms in total. The molecule has 3 aromatic heterocycles. The fourth-order valence-corrected chi connectivity index (χ4v) is 1.51. The Balaban J connectivity index is 2.19. The summed E-state index contributed by atoms with van der Waals surface area (Å²) in [6.07, 6.45) is 5.24. The number of nitrogens with zero attached hydrogens (tertiary/aromatic N) is 4. The highest BCUT2D eigenvalue weighted by Gasteiger charge is 2.05. The molecule has 3 rings (SSSR count). The van der Waals surface area contributed by atoms with E-state index in [0.717, 1.165) is 11.2 Å². The molecule has 16 heavy (non-hydrogen) atoms. The molecule has 0 amide bonds. The van der Waals surface area contributed by atoms with Crippen LogP contribution in [0, 0.1) is 0 Å². The monoisotopic (exact) mass is 211 g/mol. The SMILES string of the molecule is Nc1ccn2nc(-c3cccnc3)nc2c1. The first-order chi connectivity index (χ1) is 7.83. The summed E-state index contributed by atoms with van der Waals surface area (Å²) in [6.45, 7) is 0. The van der Waals surface area contributed by atoms with Crippen molar-refractivity contribution in [3.05, 3.63) is 42.9 Å². The Morgan fingerprint density at radius 1 is 1.25 bits per heavy atom. The number of hydrogen-bond donors (Lipinski definition) is 1. The lowest BCUT2D eigenvalue weighted by Crippen LogP contribution is -1.89. The number of rotatable bonds is 1. The van der Waals surface area contributed by atoms with Crippen LogP contribution >= 0.6 is 0 Å². The predicted octanol–water partition coefficient (Wildman–Crippen LogP) is 1.37. The summed E-state index contributed by atoms with van der Waals surface area (Å²) in [5.41, 5.74) is 7.99. The van der Waals surface area contributed by atoms with E-state index in [0.29, 0.717) is 11.5 Å². The second-order valence-electron chi connectivity index (χ2n) is 3.44. The van der Waals surface area contributed by atoms with E-state index in [1.165, 1.54) is 0 Å². The fraction of sp³-hybridized carbons (Fsp3) is 0. The summed E-state index contributed by atoms with van der Waals surface area (Å²) in [5.74, 6) is 0.652. The Morgan fingerprint density at radius 2 is 2.19 bits per heavy atom. The molecule has 0 bridgehead atoms. The number of nitrogens with two attached hydrogens (primary N) is 1. The van der Waals surface area contributed by atoms with Crippen molar-refractivity contribution in [1.82, 2.24) is 19.6 Å². The molecule has 0 saturated carbocycles. The van der Waals surface area contributed by atoms with E-state index in [9.17, 15) is 0 Å². The second kappa shape index (κ2) is 3.30. The molecule has 0 saturated heterocycles. The Labute approximate surface area is 91.6 Å². The van der Waals surface area contributed by atoms with Gasteiger partial charge in [0.15, 0.2) is 11.5 Å². The Morgan fingerprint density at radius 3 is 3.00 bits per heavy atom. The van der Waals surface area contributed by atoms with E-state index < -0.39 is 0 Å². The lowest BCUT2D eigenvalue weighted by Gasteiger charge is -1.91. The van der Waals surface area contributed by atoms with Crippen molar-refractivity contribution in [2.24, 2.45) is 0 Å². The van der Waals surface area contributed by atoms with Crippen molar-refractivity contribution >= 4 is 11.3 Å². The average Bonchev–Trinajstić information content (AvgIpc) is 2.73. The van der Waals surface area contributed by atoms with Crippen molar-refractivity contribution in [2.45, 2.75) is 0 Å². The summed E-state index contributed by atoms with van der Waals surface area (Å²) in [5, 5.41) is 4.33. The van der Waals surface area contributed by atoms with Crippen LogP contribution < -0.4 is 5.73 Å². The number of pyridine rings is 2. The molecule has 0 atom stereocenters. The number of hydrogen-bond acceptors (Lipinski definition) is 4. The number of aromatic nitrogens is 4. The van der Waals surface area contributed by atoms with E-state index in [1.807, 2.05) is 12.1 Å². The average molecular weight is 211 g/mol. The third-order valence-corrected chi connectivity index (χ3v) is 2.28. The quantitative estimate of drug-likeness (QED) is 0.660. The molecule has 3 heterocycles. The minimum Gasteiger partial charge on any atom is -0.399 e. The first kappa shape index (κ1) is 8.84.